The molecule has 0 spiro atoms. The first-order valence-electron chi connectivity index (χ1n) is 4.17. The molecule has 5 heteroatoms. The van der Waals surface area contributed by atoms with Crippen molar-refractivity contribution in [3.8, 4) is 0 Å². The maximum Gasteiger partial charge on any atom is 0.250 e. The van der Waals surface area contributed by atoms with Gasteiger partial charge in [-0.2, -0.15) is 0 Å². The van der Waals surface area contributed by atoms with Crippen molar-refractivity contribution in [2.24, 2.45) is 0 Å². The molecule has 0 fully saturated rings. The van der Waals surface area contributed by atoms with Crippen LogP contribution in [-0.4, -0.2) is 22.4 Å². The summed E-state index contributed by atoms with van der Waals surface area (Å²) in [5.74, 6) is 0.324. The lowest BCUT2D eigenvalue weighted by molar-refractivity contribution is -0.116. The van der Waals surface area contributed by atoms with Gasteiger partial charge in [-0.15, -0.1) is 0 Å². The molecule has 74 valence electrons. The maximum absolute atomic E-state index is 10.8. The lowest BCUT2D eigenvalue weighted by Crippen LogP contribution is -2.24. The van der Waals surface area contributed by atoms with Gasteiger partial charge in [-0.25, -0.2) is 4.98 Å². The van der Waals surface area contributed by atoms with Gasteiger partial charge >= 0.3 is 0 Å². The van der Waals surface area contributed by atoms with Gasteiger partial charge in [0.2, 0.25) is 5.91 Å². The Bertz CT molecular complexity index is 384. The van der Waals surface area contributed by atoms with E-state index in [1.54, 1.807) is 0 Å². The zero-order valence-electron chi connectivity index (χ0n) is 7.62. The molecule has 1 rings (SSSR count). The molecule has 2 N–H and O–H groups in total. The Morgan fingerprint density at radius 1 is 1.71 bits per heavy atom. The molecule has 0 aliphatic rings. The number of amides is 1. The number of carbonyl (C=O) groups is 1. The molecule has 0 saturated carbocycles. The number of rotatable bonds is 4. The van der Waals surface area contributed by atoms with Crippen molar-refractivity contribution in [3.63, 3.8) is 0 Å². The van der Waals surface area contributed by atoms with Gasteiger partial charge in [0, 0.05) is 25.2 Å². The predicted octanol–water partition coefficient (Wildman–Crippen LogP) is -0.385. The van der Waals surface area contributed by atoms with Gasteiger partial charge in [0.05, 0.1) is 0 Å². The first-order valence-corrected chi connectivity index (χ1v) is 4.17. The predicted molar refractivity (Wildman–Crippen MR) is 51.8 cm³/mol. The second-order valence-corrected chi connectivity index (χ2v) is 2.63. The van der Waals surface area contributed by atoms with Crippen LogP contribution in [-0.2, 0) is 11.2 Å². The molecule has 0 unspecified atom stereocenters. The van der Waals surface area contributed by atoms with Gasteiger partial charge in [0.25, 0.3) is 5.56 Å². The topological polar surface area (TPSA) is 74.8 Å². The number of aromatic nitrogens is 2. The number of carbonyl (C=O) groups excluding carboxylic acids is 1. The molecule has 5 nitrogen and oxygen atoms in total. The fourth-order valence-electron chi connectivity index (χ4n) is 0.914. The molecule has 0 saturated heterocycles. The molecule has 1 aromatic rings. The van der Waals surface area contributed by atoms with Crippen LogP contribution in [0.4, 0.5) is 0 Å². The molecule has 0 aromatic carbocycles. The van der Waals surface area contributed by atoms with Crippen LogP contribution in [0, 0.1) is 0 Å². The third-order valence-corrected chi connectivity index (χ3v) is 1.57. The van der Waals surface area contributed by atoms with Crippen molar-refractivity contribution in [3.05, 3.63) is 41.1 Å². The van der Waals surface area contributed by atoms with Crippen LogP contribution in [0.25, 0.3) is 0 Å². The summed E-state index contributed by atoms with van der Waals surface area (Å²) in [6, 6.07) is 1.34. The largest absolute Gasteiger partial charge is 0.352 e. The summed E-state index contributed by atoms with van der Waals surface area (Å²) in [6.45, 7) is 3.74. The summed E-state index contributed by atoms with van der Waals surface area (Å²) in [5.41, 5.74) is -0.190. The molecule has 14 heavy (non-hydrogen) atoms. The van der Waals surface area contributed by atoms with Crippen LogP contribution < -0.4 is 10.9 Å². The van der Waals surface area contributed by atoms with E-state index < -0.39 is 0 Å². The highest BCUT2D eigenvalue weighted by Gasteiger charge is 1.96. The molecular weight excluding hydrogens is 182 g/mol. The number of nitrogens with one attached hydrogen (secondary N) is 2. The summed E-state index contributed by atoms with van der Waals surface area (Å²) < 4.78 is 0. The zero-order valence-corrected chi connectivity index (χ0v) is 7.62. The SMILES string of the molecule is C=CC(=O)NCCc1nccc(=O)[nH]1. The van der Waals surface area contributed by atoms with Crippen molar-refractivity contribution in [1.82, 2.24) is 15.3 Å². The van der Waals surface area contributed by atoms with Crippen molar-refractivity contribution in [1.29, 1.82) is 0 Å². The van der Waals surface area contributed by atoms with Crippen LogP contribution in [0.5, 0.6) is 0 Å². The minimum Gasteiger partial charge on any atom is -0.352 e. The molecule has 1 aromatic heterocycles. The molecule has 1 heterocycles. The Hall–Kier alpha value is -1.91. The average molecular weight is 193 g/mol. The van der Waals surface area contributed by atoms with Crippen LogP contribution in [0.15, 0.2) is 29.7 Å². The molecule has 0 bridgehead atoms. The van der Waals surface area contributed by atoms with E-state index in [4.69, 9.17) is 0 Å². The fraction of sp³-hybridized carbons (Fsp3) is 0.222. The lowest BCUT2D eigenvalue weighted by atomic mass is 10.4. The molecule has 1 amide bonds. The van der Waals surface area contributed by atoms with E-state index in [0.29, 0.717) is 18.8 Å². The minimum atomic E-state index is -0.233. The summed E-state index contributed by atoms with van der Waals surface area (Å²) in [6.07, 6.45) is 3.13. The number of aromatic amines is 1. The maximum atomic E-state index is 10.8. The van der Waals surface area contributed by atoms with Crippen LogP contribution in [0.3, 0.4) is 0 Å². The molecule has 0 atom stereocenters. The van der Waals surface area contributed by atoms with E-state index in [9.17, 15) is 9.59 Å². The molecule has 0 aliphatic carbocycles. The fourth-order valence-corrected chi connectivity index (χ4v) is 0.914. The first kappa shape index (κ1) is 10.2. The van der Waals surface area contributed by atoms with Crippen molar-refractivity contribution in [2.45, 2.75) is 6.42 Å². The van der Waals surface area contributed by atoms with Crippen molar-refractivity contribution >= 4 is 5.91 Å². The van der Waals surface area contributed by atoms with Crippen molar-refractivity contribution < 1.29 is 4.79 Å². The van der Waals surface area contributed by atoms with Gasteiger partial charge in [0.15, 0.2) is 0 Å². The Balaban J connectivity index is 2.42. The molecule has 0 radical (unpaired) electrons. The Labute approximate surface area is 80.9 Å². The Morgan fingerprint density at radius 2 is 2.50 bits per heavy atom. The normalized spacial score (nSPS) is 9.43. The van der Waals surface area contributed by atoms with Gasteiger partial charge in [-0.3, -0.25) is 9.59 Å². The quantitative estimate of drug-likeness (QED) is 0.640. The second kappa shape index (κ2) is 4.96. The summed E-state index contributed by atoms with van der Waals surface area (Å²) in [7, 11) is 0. The van der Waals surface area contributed by atoms with E-state index in [2.05, 4.69) is 21.9 Å². The summed E-state index contributed by atoms with van der Waals surface area (Å²) >= 11 is 0. The lowest BCUT2D eigenvalue weighted by Gasteiger charge is -2.00. The standard InChI is InChI=1S/C9H11N3O2/c1-2-8(13)11-5-3-7-10-6-4-9(14)12-7/h2,4,6H,1,3,5H2,(H,11,13)(H,10,12,14). The van der Waals surface area contributed by atoms with E-state index in [-0.39, 0.29) is 11.5 Å². The summed E-state index contributed by atoms with van der Waals surface area (Å²) in [4.78, 5) is 28.1. The van der Waals surface area contributed by atoms with Gasteiger partial charge in [0.1, 0.15) is 5.82 Å². The highest BCUT2D eigenvalue weighted by Crippen LogP contribution is 1.84. The second-order valence-electron chi connectivity index (χ2n) is 2.63. The van der Waals surface area contributed by atoms with Crippen LogP contribution >= 0.6 is 0 Å². The van der Waals surface area contributed by atoms with Gasteiger partial charge in [-0.05, 0) is 6.08 Å². The zero-order chi connectivity index (χ0) is 10.4. The van der Waals surface area contributed by atoms with E-state index in [1.165, 1.54) is 18.3 Å². The first-order chi connectivity index (χ1) is 6.72. The molecular formula is C9H11N3O2. The van der Waals surface area contributed by atoms with Crippen LogP contribution in [0.1, 0.15) is 5.82 Å². The number of H-pyrrole nitrogens is 1. The third kappa shape index (κ3) is 3.22. The smallest absolute Gasteiger partial charge is 0.250 e. The molecule has 0 aliphatic heterocycles. The minimum absolute atomic E-state index is 0.190. The van der Waals surface area contributed by atoms with Crippen molar-refractivity contribution in [2.75, 3.05) is 6.54 Å². The summed E-state index contributed by atoms with van der Waals surface area (Å²) in [5, 5.41) is 2.58. The van der Waals surface area contributed by atoms with Crippen LogP contribution in [0.2, 0.25) is 0 Å². The van der Waals surface area contributed by atoms with E-state index >= 15 is 0 Å². The number of hydrogen-bond acceptors (Lipinski definition) is 3. The van der Waals surface area contributed by atoms with Gasteiger partial charge < -0.3 is 10.3 Å². The average Bonchev–Trinajstić information content (AvgIpc) is 2.17. The highest BCUT2D eigenvalue weighted by atomic mass is 16.1. The van der Waals surface area contributed by atoms with E-state index in [0.717, 1.165) is 0 Å². The number of nitrogens with zero attached hydrogens (tertiary/aromatic N) is 1. The van der Waals surface area contributed by atoms with E-state index in [1.807, 2.05) is 0 Å². The monoisotopic (exact) mass is 193 g/mol. The highest BCUT2D eigenvalue weighted by molar-refractivity contribution is 5.86. The van der Waals surface area contributed by atoms with Gasteiger partial charge in [-0.1, -0.05) is 6.58 Å². The number of hydrogen-bond donors (Lipinski definition) is 2. The Kier molecular flexibility index (Phi) is 3.60. The Morgan fingerprint density at radius 3 is 3.14 bits per heavy atom. The third-order valence-electron chi connectivity index (χ3n) is 1.57.